The van der Waals surface area contributed by atoms with E-state index in [-0.39, 0.29) is 24.5 Å². The Morgan fingerprint density at radius 3 is 2.47 bits per heavy atom. The van der Waals surface area contributed by atoms with Gasteiger partial charge in [0.15, 0.2) is 6.61 Å². The Labute approximate surface area is 223 Å². The summed E-state index contributed by atoms with van der Waals surface area (Å²) in [4.78, 5) is 28.8. The molecule has 7 heteroatoms. The van der Waals surface area contributed by atoms with E-state index in [9.17, 15) is 9.59 Å². The van der Waals surface area contributed by atoms with E-state index >= 15 is 0 Å². The van der Waals surface area contributed by atoms with Gasteiger partial charge in [0, 0.05) is 30.1 Å². The van der Waals surface area contributed by atoms with Crippen molar-refractivity contribution in [2.45, 2.75) is 38.6 Å². The van der Waals surface area contributed by atoms with Crippen molar-refractivity contribution in [1.29, 1.82) is 0 Å². The largest absolute Gasteiger partial charge is 0.496 e. The van der Waals surface area contributed by atoms with E-state index in [4.69, 9.17) is 9.47 Å². The van der Waals surface area contributed by atoms with E-state index in [0.717, 1.165) is 34.2 Å². The fourth-order valence-corrected chi connectivity index (χ4v) is 4.46. The second kappa shape index (κ2) is 13.3. The number of H-pyrrole nitrogens is 1. The minimum absolute atomic E-state index is 0.0821. The highest BCUT2D eigenvalue weighted by Gasteiger charge is 2.17. The number of rotatable bonds is 13. The van der Waals surface area contributed by atoms with Crippen molar-refractivity contribution in [1.82, 2.24) is 15.6 Å². The lowest BCUT2D eigenvalue weighted by Crippen LogP contribution is -2.46. The molecule has 0 aliphatic heterocycles. The number of benzene rings is 3. The maximum atomic E-state index is 12.8. The van der Waals surface area contributed by atoms with E-state index in [1.165, 1.54) is 5.56 Å². The number of hydrogen-bond donors (Lipinski definition) is 3. The van der Waals surface area contributed by atoms with Crippen LogP contribution in [0.2, 0.25) is 0 Å². The van der Waals surface area contributed by atoms with Crippen LogP contribution in [0.25, 0.3) is 10.9 Å². The van der Waals surface area contributed by atoms with Gasteiger partial charge in [0.25, 0.3) is 5.91 Å². The lowest BCUT2D eigenvalue weighted by Gasteiger charge is -2.20. The molecule has 0 aliphatic rings. The monoisotopic (exact) mass is 513 g/mol. The van der Waals surface area contributed by atoms with Crippen molar-refractivity contribution in [3.8, 4) is 11.5 Å². The van der Waals surface area contributed by atoms with Crippen molar-refractivity contribution in [3.63, 3.8) is 0 Å². The summed E-state index contributed by atoms with van der Waals surface area (Å²) in [6.45, 7) is 2.30. The van der Waals surface area contributed by atoms with Crippen molar-refractivity contribution >= 4 is 22.7 Å². The van der Waals surface area contributed by atoms with Crippen molar-refractivity contribution in [2.75, 3.05) is 20.3 Å². The van der Waals surface area contributed by atoms with E-state index in [2.05, 4.69) is 28.6 Å². The molecule has 0 spiro atoms. The van der Waals surface area contributed by atoms with Crippen molar-refractivity contribution < 1.29 is 19.1 Å². The molecule has 1 unspecified atom stereocenters. The number of hydrogen-bond acceptors (Lipinski definition) is 4. The zero-order chi connectivity index (χ0) is 26.7. The average Bonchev–Trinajstić information content (AvgIpc) is 3.36. The number of fused-ring (bicyclic) bond motifs is 1. The zero-order valence-electron chi connectivity index (χ0n) is 22.0. The Hall–Kier alpha value is -4.26. The first-order chi connectivity index (χ1) is 18.6. The van der Waals surface area contributed by atoms with Gasteiger partial charge < -0.3 is 25.1 Å². The number of carbonyl (C=O) groups is 2. The smallest absolute Gasteiger partial charge is 0.258 e. The standard InChI is InChI=1S/C31H35N3O4/c1-3-22-12-15-26(16-13-22)38-21-31(36)34-25(18-24-19-32-28-10-6-5-9-27(24)28)20-33-30(35)17-14-23-8-4-7-11-29(23)37-2/h4-13,15-16,19,25,32H,3,14,17-18,20-21H2,1-2H3,(H,33,35)(H,34,36). The summed E-state index contributed by atoms with van der Waals surface area (Å²) in [5.74, 6) is 1.10. The molecule has 0 bridgehead atoms. The molecule has 4 aromatic rings. The van der Waals surface area contributed by atoms with E-state index in [0.29, 0.717) is 31.6 Å². The molecule has 7 nitrogen and oxygen atoms in total. The van der Waals surface area contributed by atoms with Gasteiger partial charge in [0.05, 0.1) is 13.2 Å². The normalized spacial score (nSPS) is 11.6. The van der Waals surface area contributed by atoms with Gasteiger partial charge in [-0.05, 0) is 60.2 Å². The molecule has 198 valence electrons. The third-order valence-electron chi connectivity index (χ3n) is 6.57. The van der Waals surface area contributed by atoms with Gasteiger partial charge in [-0.15, -0.1) is 0 Å². The van der Waals surface area contributed by atoms with Gasteiger partial charge in [-0.1, -0.05) is 55.5 Å². The number of para-hydroxylation sites is 2. The van der Waals surface area contributed by atoms with Crippen LogP contribution in [-0.2, 0) is 28.9 Å². The third kappa shape index (κ3) is 7.38. The van der Waals surface area contributed by atoms with Crippen molar-refractivity contribution in [3.05, 3.63) is 95.7 Å². The van der Waals surface area contributed by atoms with Gasteiger partial charge in [-0.25, -0.2) is 0 Å². The predicted octanol–water partition coefficient (Wildman–Crippen LogP) is 4.59. The number of carbonyl (C=O) groups excluding carboxylic acids is 2. The molecule has 0 saturated heterocycles. The Bertz CT molecular complexity index is 1350. The van der Waals surface area contributed by atoms with Gasteiger partial charge in [-0.3, -0.25) is 9.59 Å². The molecule has 0 radical (unpaired) electrons. The SMILES string of the molecule is CCc1ccc(OCC(=O)NC(CNC(=O)CCc2ccccc2OC)Cc2c[nH]c3ccccc23)cc1. The number of aryl methyl sites for hydroxylation is 2. The molecule has 2 amide bonds. The molecular formula is C31H35N3O4. The average molecular weight is 514 g/mol. The molecule has 3 aromatic carbocycles. The molecule has 0 aliphatic carbocycles. The van der Waals surface area contributed by atoms with E-state index in [1.54, 1.807) is 7.11 Å². The van der Waals surface area contributed by atoms with Crippen LogP contribution in [0.15, 0.2) is 79.0 Å². The summed E-state index contributed by atoms with van der Waals surface area (Å²) in [7, 11) is 1.63. The maximum absolute atomic E-state index is 12.8. The van der Waals surface area contributed by atoms with Crippen LogP contribution in [0.5, 0.6) is 11.5 Å². The highest BCUT2D eigenvalue weighted by Crippen LogP contribution is 2.20. The molecule has 0 fully saturated rings. The molecule has 3 N–H and O–H groups in total. The number of amides is 2. The van der Waals surface area contributed by atoms with Crippen LogP contribution in [0.4, 0.5) is 0 Å². The Morgan fingerprint density at radius 2 is 1.68 bits per heavy atom. The number of methoxy groups -OCH3 is 1. The van der Waals surface area contributed by atoms with Crippen LogP contribution in [0, 0.1) is 0 Å². The van der Waals surface area contributed by atoms with Crippen LogP contribution in [-0.4, -0.2) is 43.1 Å². The minimum atomic E-state index is -0.303. The first kappa shape index (κ1) is 26.8. The van der Waals surface area contributed by atoms with E-state index < -0.39 is 0 Å². The highest BCUT2D eigenvalue weighted by molar-refractivity contribution is 5.83. The summed E-state index contributed by atoms with van der Waals surface area (Å²) in [5, 5.41) is 7.14. The summed E-state index contributed by atoms with van der Waals surface area (Å²) < 4.78 is 11.1. The molecule has 1 atom stereocenters. The number of nitrogens with one attached hydrogen (secondary N) is 3. The first-order valence-corrected chi connectivity index (χ1v) is 13.0. The first-order valence-electron chi connectivity index (χ1n) is 13.0. The second-order valence-corrected chi connectivity index (χ2v) is 9.23. The maximum Gasteiger partial charge on any atom is 0.258 e. The number of aromatic nitrogens is 1. The second-order valence-electron chi connectivity index (χ2n) is 9.23. The number of aromatic amines is 1. The highest BCUT2D eigenvalue weighted by atomic mass is 16.5. The zero-order valence-corrected chi connectivity index (χ0v) is 22.0. The Balaban J connectivity index is 1.36. The van der Waals surface area contributed by atoms with Gasteiger partial charge >= 0.3 is 0 Å². The lowest BCUT2D eigenvalue weighted by molar-refractivity contribution is -0.125. The fourth-order valence-electron chi connectivity index (χ4n) is 4.46. The molecular weight excluding hydrogens is 478 g/mol. The Kier molecular flexibility index (Phi) is 9.40. The third-order valence-corrected chi connectivity index (χ3v) is 6.57. The topological polar surface area (TPSA) is 92.5 Å². The summed E-state index contributed by atoms with van der Waals surface area (Å²) >= 11 is 0. The van der Waals surface area contributed by atoms with Crippen LogP contribution in [0.1, 0.15) is 30.0 Å². The van der Waals surface area contributed by atoms with E-state index in [1.807, 2.05) is 72.9 Å². The molecule has 0 saturated carbocycles. The molecule has 38 heavy (non-hydrogen) atoms. The van der Waals surface area contributed by atoms with Gasteiger partial charge in [0.1, 0.15) is 11.5 Å². The summed E-state index contributed by atoms with van der Waals surface area (Å²) in [6, 6.07) is 23.2. The molecule has 1 heterocycles. The van der Waals surface area contributed by atoms with Crippen LogP contribution < -0.4 is 20.1 Å². The number of ether oxygens (including phenoxy) is 2. The Morgan fingerprint density at radius 1 is 0.921 bits per heavy atom. The quantitative estimate of drug-likeness (QED) is 0.244. The summed E-state index contributed by atoms with van der Waals surface area (Å²) in [5.41, 5.74) is 4.30. The predicted molar refractivity (Wildman–Crippen MR) is 150 cm³/mol. The molecule has 4 rings (SSSR count). The fraction of sp³-hybridized carbons (Fsp3) is 0.290. The van der Waals surface area contributed by atoms with Gasteiger partial charge in [-0.2, -0.15) is 0 Å². The van der Waals surface area contributed by atoms with Crippen LogP contribution in [0.3, 0.4) is 0 Å². The minimum Gasteiger partial charge on any atom is -0.496 e. The summed E-state index contributed by atoms with van der Waals surface area (Å²) in [6.07, 6.45) is 4.36. The van der Waals surface area contributed by atoms with Crippen molar-refractivity contribution in [2.24, 2.45) is 0 Å². The molecule has 1 aromatic heterocycles. The van der Waals surface area contributed by atoms with Gasteiger partial charge in [0.2, 0.25) is 5.91 Å². The lowest BCUT2D eigenvalue weighted by atomic mass is 10.0. The van der Waals surface area contributed by atoms with Crippen LogP contribution >= 0.6 is 0 Å².